The molecule has 3 N–H and O–H groups in total. The van der Waals surface area contributed by atoms with Gasteiger partial charge in [-0.3, -0.25) is 4.79 Å². The Morgan fingerprint density at radius 2 is 1.94 bits per heavy atom. The van der Waals surface area contributed by atoms with Gasteiger partial charge in [0.25, 0.3) is 0 Å². The van der Waals surface area contributed by atoms with E-state index in [1.165, 1.54) is 0 Å². The summed E-state index contributed by atoms with van der Waals surface area (Å²) in [5, 5.41) is 0.705. The fourth-order valence-electron chi connectivity index (χ4n) is 2.27. The molecule has 0 radical (unpaired) electrons. The number of nitrogens with two attached hydrogens (primary N) is 1. The molecule has 0 aliphatic heterocycles. The number of anilines is 1. The highest BCUT2D eigenvalue weighted by atomic mass is 16.1. The Morgan fingerprint density at radius 3 is 2.53 bits per heavy atom. The van der Waals surface area contributed by atoms with Crippen LogP contribution in [0, 0.1) is 6.92 Å². The molecule has 3 nitrogen and oxygen atoms in total. The van der Waals surface area contributed by atoms with Gasteiger partial charge in [-0.2, -0.15) is 0 Å². The second-order valence-electron chi connectivity index (χ2n) is 4.37. The van der Waals surface area contributed by atoms with Crippen LogP contribution in [0.25, 0.3) is 10.9 Å². The van der Waals surface area contributed by atoms with E-state index in [0.29, 0.717) is 11.1 Å². The van der Waals surface area contributed by atoms with E-state index in [9.17, 15) is 4.79 Å². The first-order valence-corrected chi connectivity index (χ1v) is 6.02. The molecular formula is C14H18N2O. The number of pyridine rings is 1. The van der Waals surface area contributed by atoms with E-state index in [1.807, 2.05) is 19.9 Å². The zero-order chi connectivity index (χ0) is 12.6. The van der Waals surface area contributed by atoms with E-state index >= 15 is 0 Å². The van der Waals surface area contributed by atoms with Crippen molar-refractivity contribution < 1.29 is 0 Å². The molecule has 17 heavy (non-hydrogen) atoms. The van der Waals surface area contributed by atoms with E-state index in [4.69, 9.17) is 5.73 Å². The van der Waals surface area contributed by atoms with Crippen molar-refractivity contribution in [3.8, 4) is 0 Å². The summed E-state index contributed by atoms with van der Waals surface area (Å²) in [6.45, 7) is 5.98. The quantitative estimate of drug-likeness (QED) is 0.779. The van der Waals surface area contributed by atoms with Crippen molar-refractivity contribution in [3.05, 3.63) is 39.2 Å². The minimum absolute atomic E-state index is 0.0950. The van der Waals surface area contributed by atoms with Gasteiger partial charge in [0.15, 0.2) is 5.43 Å². The predicted octanol–water partition coefficient (Wildman–Crippen LogP) is 2.54. The van der Waals surface area contributed by atoms with Gasteiger partial charge in [0.05, 0.1) is 5.52 Å². The van der Waals surface area contributed by atoms with Crippen LogP contribution in [0.3, 0.4) is 0 Å². The zero-order valence-corrected chi connectivity index (χ0v) is 10.6. The highest BCUT2D eigenvalue weighted by molar-refractivity contribution is 5.86. The number of H-pyrrole nitrogens is 1. The predicted molar refractivity (Wildman–Crippen MR) is 72.5 cm³/mol. The lowest BCUT2D eigenvalue weighted by molar-refractivity contribution is 1.01. The van der Waals surface area contributed by atoms with Crippen molar-refractivity contribution in [2.24, 2.45) is 0 Å². The number of aromatic amines is 1. The largest absolute Gasteiger partial charge is 0.399 e. The van der Waals surface area contributed by atoms with E-state index in [0.717, 1.165) is 35.2 Å². The van der Waals surface area contributed by atoms with Crippen molar-refractivity contribution in [2.75, 3.05) is 5.73 Å². The van der Waals surface area contributed by atoms with Crippen LogP contribution in [-0.2, 0) is 12.8 Å². The topological polar surface area (TPSA) is 58.9 Å². The molecule has 0 saturated heterocycles. The van der Waals surface area contributed by atoms with Crippen LogP contribution in [0.2, 0.25) is 0 Å². The van der Waals surface area contributed by atoms with E-state index in [1.54, 1.807) is 6.07 Å². The number of nitrogens with one attached hydrogen (secondary N) is 1. The molecule has 0 aliphatic carbocycles. The fraction of sp³-hybridized carbons (Fsp3) is 0.357. The summed E-state index contributed by atoms with van der Waals surface area (Å²) in [6, 6.07) is 3.70. The molecule has 90 valence electrons. The average Bonchev–Trinajstić information content (AvgIpc) is 2.33. The van der Waals surface area contributed by atoms with E-state index in [-0.39, 0.29) is 5.43 Å². The maximum absolute atomic E-state index is 12.3. The Labute approximate surface area is 101 Å². The Hall–Kier alpha value is -1.77. The summed E-state index contributed by atoms with van der Waals surface area (Å²) in [5.41, 5.74) is 10.4. The summed E-state index contributed by atoms with van der Waals surface area (Å²) in [6.07, 6.45) is 1.70. The number of nitrogen functional groups attached to an aromatic ring is 1. The second-order valence-corrected chi connectivity index (χ2v) is 4.37. The Morgan fingerprint density at radius 1 is 1.24 bits per heavy atom. The minimum atomic E-state index is 0.0950. The molecule has 1 aromatic carbocycles. The molecule has 3 heteroatoms. The van der Waals surface area contributed by atoms with Crippen LogP contribution in [-0.4, -0.2) is 4.98 Å². The van der Waals surface area contributed by atoms with E-state index < -0.39 is 0 Å². The number of aromatic nitrogens is 1. The van der Waals surface area contributed by atoms with Crippen LogP contribution in [0.5, 0.6) is 0 Å². The van der Waals surface area contributed by atoms with Crippen molar-refractivity contribution in [1.29, 1.82) is 0 Å². The Bertz CT molecular complexity index is 626. The molecular weight excluding hydrogens is 212 g/mol. The number of benzene rings is 1. The third-order valence-electron chi connectivity index (χ3n) is 3.29. The zero-order valence-electron chi connectivity index (χ0n) is 10.6. The van der Waals surface area contributed by atoms with Gasteiger partial charge in [-0.15, -0.1) is 0 Å². The number of aryl methyl sites for hydroxylation is 2. The van der Waals surface area contributed by atoms with Crippen LogP contribution in [0.1, 0.15) is 30.7 Å². The highest BCUT2D eigenvalue weighted by Gasteiger charge is 2.10. The van der Waals surface area contributed by atoms with Crippen molar-refractivity contribution >= 4 is 16.6 Å². The lowest BCUT2D eigenvalue weighted by atomic mass is 10.0. The molecule has 1 aromatic heterocycles. The Kier molecular flexibility index (Phi) is 2.92. The third-order valence-corrected chi connectivity index (χ3v) is 3.29. The highest BCUT2D eigenvalue weighted by Crippen LogP contribution is 2.20. The Balaban J connectivity index is 2.96. The standard InChI is InChI=1S/C14H18N2O/c1-4-9-6-10(15)7-11-13(9)16-12(5-2)8(3)14(11)17/h6-7H,4-5,15H2,1-3H3,(H,16,17). The maximum atomic E-state index is 12.3. The molecule has 0 fully saturated rings. The summed E-state index contributed by atoms with van der Waals surface area (Å²) >= 11 is 0. The van der Waals surface area contributed by atoms with Gasteiger partial charge in [0, 0.05) is 22.3 Å². The van der Waals surface area contributed by atoms with Gasteiger partial charge in [0.1, 0.15) is 0 Å². The first-order valence-electron chi connectivity index (χ1n) is 6.02. The average molecular weight is 230 g/mol. The molecule has 0 saturated carbocycles. The van der Waals surface area contributed by atoms with Crippen LogP contribution >= 0.6 is 0 Å². The SMILES string of the molecule is CCc1[nH]c2c(CC)cc(N)cc2c(=O)c1C. The van der Waals surface area contributed by atoms with Gasteiger partial charge in [-0.25, -0.2) is 0 Å². The lowest BCUT2D eigenvalue weighted by Gasteiger charge is -2.10. The summed E-state index contributed by atoms with van der Waals surface area (Å²) < 4.78 is 0. The molecule has 0 amide bonds. The van der Waals surface area contributed by atoms with Gasteiger partial charge in [-0.1, -0.05) is 13.8 Å². The number of rotatable bonds is 2. The molecule has 1 heterocycles. The van der Waals surface area contributed by atoms with Crippen LogP contribution < -0.4 is 11.2 Å². The van der Waals surface area contributed by atoms with Crippen LogP contribution in [0.4, 0.5) is 5.69 Å². The lowest BCUT2D eigenvalue weighted by Crippen LogP contribution is -2.12. The smallest absolute Gasteiger partial charge is 0.192 e. The molecule has 0 aliphatic rings. The van der Waals surface area contributed by atoms with Crippen LogP contribution in [0.15, 0.2) is 16.9 Å². The summed E-state index contributed by atoms with van der Waals surface area (Å²) in [7, 11) is 0. The molecule has 0 unspecified atom stereocenters. The molecule has 2 aromatic rings. The van der Waals surface area contributed by atoms with E-state index in [2.05, 4.69) is 11.9 Å². The van der Waals surface area contributed by atoms with Crippen molar-refractivity contribution in [3.63, 3.8) is 0 Å². The second kappa shape index (κ2) is 4.24. The minimum Gasteiger partial charge on any atom is -0.399 e. The fourth-order valence-corrected chi connectivity index (χ4v) is 2.27. The molecule has 2 rings (SSSR count). The molecule has 0 spiro atoms. The summed E-state index contributed by atoms with van der Waals surface area (Å²) in [5.74, 6) is 0. The van der Waals surface area contributed by atoms with Gasteiger partial charge < -0.3 is 10.7 Å². The number of hydrogen-bond acceptors (Lipinski definition) is 2. The molecule has 0 atom stereocenters. The van der Waals surface area contributed by atoms with Gasteiger partial charge >= 0.3 is 0 Å². The first kappa shape index (κ1) is 11.7. The monoisotopic (exact) mass is 230 g/mol. The van der Waals surface area contributed by atoms with Crippen molar-refractivity contribution in [1.82, 2.24) is 4.98 Å². The van der Waals surface area contributed by atoms with Gasteiger partial charge in [0.2, 0.25) is 0 Å². The first-order chi connectivity index (χ1) is 8.08. The number of fused-ring (bicyclic) bond motifs is 1. The van der Waals surface area contributed by atoms with Crippen molar-refractivity contribution in [2.45, 2.75) is 33.6 Å². The third kappa shape index (κ3) is 1.82. The number of hydrogen-bond donors (Lipinski definition) is 2. The summed E-state index contributed by atoms with van der Waals surface area (Å²) in [4.78, 5) is 15.6. The maximum Gasteiger partial charge on any atom is 0.192 e. The van der Waals surface area contributed by atoms with Gasteiger partial charge in [-0.05, 0) is 37.5 Å². The molecule has 0 bridgehead atoms. The normalized spacial score (nSPS) is 11.0.